The van der Waals surface area contributed by atoms with Gasteiger partial charge in [0.2, 0.25) is 5.91 Å². The number of hydrogen-bond donors (Lipinski definition) is 1. The maximum Gasteiger partial charge on any atom is 0.222 e. The van der Waals surface area contributed by atoms with Crippen LogP contribution in [0.4, 0.5) is 0 Å². The van der Waals surface area contributed by atoms with Crippen LogP contribution < -0.4 is 5.32 Å². The van der Waals surface area contributed by atoms with Crippen molar-refractivity contribution in [1.82, 2.24) is 5.32 Å². The maximum atomic E-state index is 11.1. The quantitative estimate of drug-likeness (QED) is 0.534. The predicted molar refractivity (Wildman–Crippen MR) is 52.4 cm³/mol. The van der Waals surface area contributed by atoms with Crippen molar-refractivity contribution in [3.05, 3.63) is 0 Å². The first-order chi connectivity index (χ1) is 5.45. The van der Waals surface area contributed by atoms with E-state index in [0.29, 0.717) is 13.0 Å². The van der Waals surface area contributed by atoms with E-state index in [2.05, 4.69) is 27.7 Å². The van der Waals surface area contributed by atoms with Gasteiger partial charge in [0, 0.05) is 12.0 Å². The van der Waals surface area contributed by atoms with Gasteiger partial charge in [-0.2, -0.15) is 0 Å². The molecule has 0 aromatic rings. The lowest BCUT2D eigenvalue weighted by atomic mass is 10.1. The average Bonchev–Trinajstić information content (AvgIpc) is 1.84. The molecule has 0 aliphatic carbocycles. The molecule has 0 rings (SSSR count). The molecule has 0 radical (unpaired) electrons. The van der Waals surface area contributed by atoms with Crippen LogP contribution in [-0.2, 0) is 4.79 Å². The fourth-order valence-electron chi connectivity index (χ4n) is 0.684. The molecule has 0 spiro atoms. The number of carbonyl (C=O) groups is 1. The highest BCUT2D eigenvalue weighted by atomic mass is 32.1. The number of carbonyl (C=O) groups excluding carboxylic acids is 1. The van der Waals surface area contributed by atoms with Crippen LogP contribution in [0.1, 0.15) is 27.2 Å². The Bertz CT molecular complexity index is 202. The van der Waals surface area contributed by atoms with Gasteiger partial charge in [-0.15, -0.1) is 0 Å². The fourth-order valence-corrected chi connectivity index (χ4v) is 0.775. The molecule has 0 bridgehead atoms. The fraction of sp³-hybridized carbons (Fsp3) is 0.750. The van der Waals surface area contributed by atoms with Crippen LogP contribution >= 0.6 is 12.2 Å². The van der Waals surface area contributed by atoms with Crippen molar-refractivity contribution in [3.63, 3.8) is 0 Å². The van der Waals surface area contributed by atoms with Crippen LogP contribution in [0.3, 0.4) is 0 Å². The molecule has 0 saturated carbocycles. The van der Waals surface area contributed by atoms with E-state index in [9.17, 15) is 4.79 Å². The second-order valence-electron chi connectivity index (χ2n) is 3.52. The standard InChI is InChI=1S/C8H14N2OS/c1-8(2,3)10-7(11)4-5-9-6-12/h4-5H2,1-3H3,(H,10,11). The summed E-state index contributed by atoms with van der Waals surface area (Å²) in [4.78, 5) is 14.7. The van der Waals surface area contributed by atoms with Gasteiger partial charge in [-0.3, -0.25) is 4.79 Å². The molecule has 0 heterocycles. The van der Waals surface area contributed by atoms with E-state index >= 15 is 0 Å². The maximum absolute atomic E-state index is 11.1. The Hall–Kier alpha value is -0.730. The summed E-state index contributed by atoms with van der Waals surface area (Å²) in [6.07, 6.45) is 0.376. The van der Waals surface area contributed by atoms with Gasteiger partial charge in [-0.1, -0.05) is 0 Å². The minimum Gasteiger partial charge on any atom is -0.351 e. The summed E-state index contributed by atoms with van der Waals surface area (Å²) < 4.78 is 0. The molecule has 68 valence electrons. The van der Waals surface area contributed by atoms with Crippen LogP contribution in [0.5, 0.6) is 0 Å². The van der Waals surface area contributed by atoms with E-state index in [0.717, 1.165) is 0 Å². The van der Waals surface area contributed by atoms with Gasteiger partial charge in [-0.25, -0.2) is 4.99 Å². The van der Waals surface area contributed by atoms with Crippen LogP contribution in [-0.4, -0.2) is 23.2 Å². The first-order valence-corrected chi connectivity index (χ1v) is 4.21. The van der Waals surface area contributed by atoms with Crippen molar-refractivity contribution in [1.29, 1.82) is 0 Å². The highest BCUT2D eigenvalue weighted by molar-refractivity contribution is 7.78. The van der Waals surface area contributed by atoms with Crippen molar-refractivity contribution >= 4 is 23.3 Å². The molecule has 0 unspecified atom stereocenters. The van der Waals surface area contributed by atoms with Gasteiger partial charge in [0.05, 0.1) is 11.7 Å². The third-order valence-electron chi connectivity index (χ3n) is 1.03. The number of rotatable bonds is 3. The topological polar surface area (TPSA) is 41.5 Å². The minimum absolute atomic E-state index is 0.00324. The first-order valence-electron chi connectivity index (χ1n) is 3.80. The first kappa shape index (κ1) is 11.3. The lowest BCUT2D eigenvalue weighted by molar-refractivity contribution is -0.122. The Morgan fingerprint density at radius 2 is 2.17 bits per heavy atom. The van der Waals surface area contributed by atoms with Gasteiger partial charge in [-0.05, 0) is 33.0 Å². The SMILES string of the molecule is CC(C)(C)NC(=O)CCN=C=S. The molecule has 4 heteroatoms. The zero-order chi connectivity index (χ0) is 9.61. The summed E-state index contributed by atoms with van der Waals surface area (Å²) in [6.45, 7) is 6.24. The molecule has 12 heavy (non-hydrogen) atoms. The number of isothiocyanates is 1. The van der Waals surface area contributed by atoms with E-state index in [4.69, 9.17) is 0 Å². The second-order valence-corrected chi connectivity index (χ2v) is 3.70. The summed E-state index contributed by atoms with van der Waals surface area (Å²) in [5.41, 5.74) is -0.168. The lowest BCUT2D eigenvalue weighted by Crippen LogP contribution is -2.40. The summed E-state index contributed by atoms with van der Waals surface area (Å²) in [5, 5.41) is 5.03. The van der Waals surface area contributed by atoms with E-state index in [1.165, 1.54) is 0 Å². The molecule has 0 aromatic carbocycles. The Morgan fingerprint density at radius 1 is 1.58 bits per heavy atom. The number of aliphatic imine (C=N–C) groups is 1. The van der Waals surface area contributed by atoms with Crippen molar-refractivity contribution < 1.29 is 4.79 Å². The Morgan fingerprint density at radius 3 is 2.58 bits per heavy atom. The van der Waals surface area contributed by atoms with Gasteiger partial charge in [0.15, 0.2) is 0 Å². The van der Waals surface area contributed by atoms with E-state index < -0.39 is 0 Å². The zero-order valence-electron chi connectivity index (χ0n) is 7.68. The lowest BCUT2D eigenvalue weighted by Gasteiger charge is -2.19. The summed E-state index contributed by atoms with van der Waals surface area (Å²) >= 11 is 4.37. The third-order valence-corrected chi connectivity index (χ3v) is 1.16. The number of hydrogen-bond acceptors (Lipinski definition) is 3. The van der Waals surface area contributed by atoms with E-state index in [-0.39, 0.29) is 11.4 Å². The molecule has 1 N–H and O–H groups in total. The second kappa shape index (κ2) is 5.01. The molecular weight excluding hydrogens is 172 g/mol. The highest BCUT2D eigenvalue weighted by Gasteiger charge is 2.12. The van der Waals surface area contributed by atoms with Gasteiger partial charge >= 0.3 is 0 Å². The molecule has 0 aromatic heterocycles. The van der Waals surface area contributed by atoms with Crippen molar-refractivity contribution in [3.8, 4) is 0 Å². The normalized spacial score (nSPS) is 10.2. The highest BCUT2D eigenvalue weighted by Crippen LogP contribution is 1.98. The average molecular weight is 186 g/mol. The monoisotopic (exact) mass is 186 g/mol. The predicted octanol–water partition coefficient (Wildman–Crippen LogP) is 1.39. The summed E-state index contributed by atoms with van der Waals surface area (Å²) in [6, 6.07) is 0. The van der Waals surface area contributed by atoms with Gasteiger partial charge < -0.3 is 5.32 Å². The molecule has 1 amide bonds. The molecule has 0 atom stereocenters. The van der Waals surface area contributed by atoms with Gasteiger partial charge in [0.25, 0.3) is 0 Å². The van der Waals surface area contributed by atoms with Crippen LogP contribution in [0.15, 0.2) is 4.99 Å². The number of amides is 1. The molecular formula is C8H14N2OS. The number of thiocarbonyl (C=S) groups is 1. The van der Waals surface area contributed by atoms with Crippen molar-refractivity contribution in [2.75, 3.05) is 6.54 Å². The van der Waals surface area contributed by atoms with Crippen LogP contribution in [0.25, 0.3) is 0 Å². The minimum atomic E-state index is -0.168. The molecule has 0 saturated heterocycles. The van der Waals surface area contributed by atoms with Crippen LogP contribution in [0.2, 0.25) is 0 Å². The largest absolute Gasteiger partial charge is 0.351 e. The van der Waals surface area contributed by atoms with Crippen LogP contribution in [0, 0.1) is 0 Å². The zero-order valence-corrected chi connectivity index (χ0v) is 8.49. The molecule has 3 nitrogen and oxygen atoms in total. The molecule has 0 fully saturated rings. The van der Waals surface area contributed by atoms with E-state index in [1.54, 1.807) is 0 Å². The van der Waals surface area contributed by atoms with E-state index in [1.807, 2.05) is 20.8 Å². The third kappa shape index (κ3) is 7.38. The number of nitrogens with one attached hydrogen (secondary N) is 1. The Balaban J connectivity index is 3.68. The van der Waals surface area contributed by atoms with Gasteiger partial charge in [0.1, 0.15) is 0 Å². The van der Waals surface area contributed by atoms with Crippen molar-refractivity contribution in [2.24, 2.45) is 4.99 Å². The molecule has 0 aliphatic rings. The Kier molecular flexibility index (Phi) is 4.71. The van der Waals surface area contributed by atoms with Crippen molar-refractivity contribution in [2.45, 2.75) is 32.7 Å². The summed E-state index contributed by atoms with van der Waals surface area (Å²) in [5.74, 6) is -0.00324. The molecule has 0 aliphatic heterocycles. The smallest absolute Gasteiger partial charge is 0.222 e. The number of nitrogens with zero attached hydrogens (tertiary/aromatic N) is 1. The summed E-state index contributed by atoms with van der Waals surface area (Å²) in [7, 11) is 0. The Labute approximate surface area is 78.3 Å².